The molecule has 0 saturated carbocycles. The van der Waals surface area contributed by atoms with Crippen molar-refractivity contribution < 1.29 is 19.2 Å². The van der Waals surface area contributed by atoms with Crippen molar-refractivity contribution in [1.29, 1.82) is 0 Å². The fourth-order valence-electron chi connectivity index (χ4n) is 1.77. The normalized spacial score (nSPS) is 20.7. The van der Waals surface area contributed by atoms with E-state index in [1.165, 1.54) is 4.90 Å². The first kappa shape index (κ1) is 12.5. The van der Waals surface area contributed by atoms with Crippen molar-refractivity contribution in [3.05, 3.63) is 11.7 Å². The van der Waals surface area contributed by atoms with Crippen LogP contribution in [0, 0.1) is 0 Å². The number of carbonyl (C=O) groups is 2. The summed E-state index contributed by atoms with van der Waals surface area (Å²) in [6.07, 6.45) is 0.645. The Kier molecular flexibility index (Phi) is 3.56. The minimum atomic E-state index is -0.981. The van der Waals surface area contributed by atoms with E-state index in [4.69, 9.17) is 9.63 Å². The molecule has 1 fully saturated rings. The van der Waals surface area contributed by atoms with Crippen LogP contribution in [0.3, 0.4) is 0 Å². The quantitative estimate of drug-likeness (QED) is 0.710. The van der Waals surface area contributed by atoms with Crippen LogP contribution in [0.4, 0.5) is 0 Å². The molecular formula is C10H14N4O4. The highest BCUT2D eigenvalue weighted by atomic mass is 16.5. The molecule has 1 amide bonds. The number of aromatic nitrogens is 2. The third-order valence-electron chi connectivity index (χ3n) is 2.73. The first-order valence-electron chi connectivity index (χ1n) is 5.65. The van der Waals surface area contributed by atoms with E-state index in [2.05, 4.69) is 15.5 Å². The monoisotopic (exact) mass is 254 g/mol. The van der Waals surface area contributed by atoms with E-state index >= 15 is 0 Å². The Morgan fingerprint density at radius 2 is 2.44 bits per heavy atom. The van der Waals surface area contributed by atoms with E-state index in [0.29, 0.717) is 18.1 Å². The molecule has 8 heteroatoms. The number of nitrogens with one attached hydrogen (secondary N) is 1. The van der Waals surface area contributed by atoms with Gasteiger partial charge in [0.2, 0.25) is 11.8 Å². The molecule has 1 saturated heterocycles. The highest BCUT2D eigenvalue weighted by Gasteiger charge is 2.32. The molecular weight excluding hydrogens is 240 g/mol. The summed E-state index contributed by atoms with van der Waals surface area (Å²) in [5, 5.41) is 15.3. The summed E-state index contributed by atoms with van der Waals surface area (Å²) >= 11 is 0. The zero-order valence-electron chi connectivity index (χ0n) is 9.92. The van der Waals surface area contributed by atoms with Gasteiger partial charge in [-0.3, -0.25) is 14.5 Å². The van der Waals surface area contributed by atoms with Crippen LogP contribution in [0.25, 0.3) is 0 Å². The number of piperazine rings is 1. The molecule has 0 spiro atoms. The zero-order valence-corrected chi connectivity index (χ0v) is 9.92. The summed E-state index contributed by atoms with van der Waals surface area (Å²) in [5.74, 6) is -0.293. The topological polar surface area (TPSA) is 109 Å². The maximum absolute atomic E-state index is 11.3. The molecule has 1 aliphatic heterocycles. The van der Waals surface area contributed by atoms with Crippen LogP contribution in [0.1, 0.15) is 18.6 Å². The number of carbonyl (C=O) groups excluding carboxylic acids is 1. The van der Waals surface area contributed by atoms with Crippen molar-refractivity contribution in [2.24, 2.45) is 0 Å². The van der Waals surface area contributed by atoms with Crippen molar-refractivity contribution in [3.8, 4) is 0 Å². The maximum Gasteiger partial charge on any atom is 0.322 e. The van der Waals surface area contributed by atoms with Gasteiger partial charge in [-0.15, -0.1) is 0 Å². The Bertz CT molecular complexity index is 458. The molecule has 2 rings (SSSR count). The van der Waals surface area contributed by atoms with Crippen molar-refractivity contribution in [2.45, 2.75) is 25.9 Å². The van der Waals surface area contributed by atoms with Gasteiger partial charge in [0.25, 0.3) is 0 Å². The summed E-state index contributed by atoms with van der Waals surface area (Å²) in [5.41, 5.74) is 0. The van der Waals surface area contributed by atoms with Gasteiger partial charge >= 0.3 is 5.97 Å². The van der Waals surface area contributed by atoms with E-state index in [1.807, 2.05) is 6.92 Å². The van der Waals surface area contributed by atoms with Crippen molar-refractivity contribution in [1.82, 2.24) is 20.4 Å². The molecule has 1 aliphatic rings. The van der Waals surface area contributed by atoms with E-state index < -0.39 is 12.0 Å². The van der Waals surface area contributed by atoms with Crippen molar-refractivity contribution in [2.75, 3.05) is 13.1 Å². The van der Waals surface area contributed by atoms with Gasteiger partial charge in [-0.1, -0.05) is 12.1 Å². The number of rotatable bonds is 4. The van der Waals surface area contributed by atoms with Gasteiger partial charge in [0.1, 0.15) is 6.04 Å². The summed E-state index contributed by atoms with van der Waals surface area (Å²) in [7, 11) is 0. The molecule has 1 atom stereocenters. The van der Waals surface area contributed by atoms with Crippen LogP contribution in [0.5, 0.6) is 0 Å². The highest BCUT2D eigenvalue weighted by Crippen LogP contribution is 2.10. The third-order valence-corrected chi connectivity index (χ3v) is 2.73. The average Bonchev–Trinajstić information content (AvgIpc) is 2.76. The van der Waals surface area contributed by atoms with Crippen LogP contribution >= 0.6 is 0 Å². The van der Waals surface area contributed by atoms with Gasteiger partial charge in [0.15, 0.2) is 5.82 Å². The van der Waals surface area contributed by atoms with E-state index in [-0.39, 0.29) is 25.5 Å². The maximum atomic E-state index is 11.3. The van der Waals surface area contributed by atoms with Crippen molar-refractivity contribution in [3.63, 3.8) is 0 Å². The van der Waals surface area contributed by atoms with Crippen LogP contribution < -0.4 is 5.32 Å². The predicted octanol–water partition coefficient (Wildman–Crippen LogP) is -0.983. The number of carboxylic acid groups (broad SMARTS) is 1. The second-order valence-electron chi connectivity index (χ2n) is 4.02. The Labute approximate surface area is 103 Å². The molecule has 2 N–H and O–H groups in total. The molecule has 1 aromatic rings. The second kappa shape index (κ2) is 5.13. The predicted molar refractivity (Wildman–Crippen MR) is 58.5 cm³/mol. The van der Waals surface area contributed by atoms with Gasteiger partial charge in [-0.2, -0.15) is 4.98 Å². The third kappa shape index (κ3) is 2.65. The number of aryl methyl sites for hydroxylation is 1. The highest BCUT2D eigenvalue weighted by molar-refractivity contribution is 5.83. The number of hydrogen-bond acceptors (Lipinski definition) is 6. The average molecular weight is 254 g/mol. The molecule has 0 bridgehead atoms. The van der Waals surface area contributed by atoms with Crippen LogP contribution in [-0.4, -0.2) is 51.2 Å². The fraction of sp³-hybridized carbons (Fsp3) is 0.600. The smallest absolute Gasteiger partial charge is 0.322 e. The SMILES string of the molecule is CCc1noc(CN2CC(=O)NCC2C(=O)O)n1. The number of hydrogen-bond donors (Lipinski definition) is 2. The lowest BCUT2D eigenvalue weighted by atomic mass is 10.2. The first-order chi connectivity index (χ1) is 8.60. The van der Waals surface area contributed by atoms with Gasteiger partial charge in [-0.05, 0) is 0 Å². The summed E-state index contributed by atoms with van der Waals surface area (Å²) in [6, 6.07) is -0.764. The molecule has 0 radical (unpaired) electrons. The fourth-order valence-corrected chi connectivity index (χ4v) is 1.77. The summed E-state index contributed by atoms with van der Waals surface area (Å²) in [6.45, 7) is 2.16. The van der Waals surface area contributed by atoms with Crippen molar-refractivity contribution >= 4 is 11.9 Å². The van der Waals surface area contributed by atoms with Gasteiger partial charge < -0.3 is 14.9 Å². The molecule has 1 unspecified atom stereocenters. The Balaban J connectivity index is 2.08. The van der Waals surface area contributed by atoms with E-state index in [0.717, 1.165) is 0 Å². The molecule has 2 heterocycles. The molecule has 98 valence electrons. The van der Waals surface area contributed by atoms with E-state index in [1.54, 1.807) is 0 Å². The largest absolute Gasteiger partial charge is 0.480 e. The number of aliphatic carboxylic acids is 1. The van der Waals surface area contributed by atoms with Crippen LogP contribution in [0.15, 0.2) is 4.52 Å². The Morgan fingerprint density at radius 3 is 3.06 bits per heavy atom. The number of carboxylic acids is 1. The minimum Gasteiger partial charge on any atom is -0.480 e. The number of nitrogens with zero attached hydrogens (tertiary/aromatic N) is 3. The number of amides is 1. The lowest BCUT2D eigenvalue weighted by Crippen LogP contribution is -2.56. The van der Waals surface area contributed by atoms with Crippen LogP contribution in [-0.2, 0) is 22.6 Å². The molecule has 1 aromatic heterocycles. The lowest BCUT2D eigenvalue weighted by molar-refractivity contribution is -0.146. The molecule has 18 heavy (non-hydrogen) atoms. The standard InChI is InChI=1S/C10H14N4O4/c1-2-7-12-9(18-13-7)5-14-4-8(15)11-3-6(14)10(16)17/h6H,2-5H2,1H3,(H,11,15)(H,16,17). The molecule has 0 aliphatic carbocycles. The second-order valence-corrected chi connectivity index (χ2v) is 4.02. The lowest BCUT2D eigenvalue weighted by Gasteiger charge is -2.31. The van der Waals surface area contributed by atoms with E-state index in [9.17, 15) is 9.59 Å². The Morgan fingerprint density at radius 1 is 1.67 bits per heavy atom. The molecule has 0 aromatic carbocycles. The molecule has 8 nitrogen and oxygen atoms in total. The summed E-state index contributed by atoms with van der Waals surface area (Å²) in [4.78, 5) is 27.9. The van der Waals surface area contributed by atoms with Crippen LogP contribution in [0.2, 0.25) is 0 Å². The van der Waals surface area contributed by atoms with Gasteiger partial charge in [0, 0.05) is 13.0 Å². The van der Waals surface area contributed by atoms with Gasteiger partial charge in [0.05, 0.1) is 13.1 Å². The summed E-state index contributed by atoms with van der Waals surface area (Å²) < 4.78 is 4.99. The first-order valence-corrected chi connectivity index (χ1v) is 5.65. The minimum absolute atomic E-state index is 0.0147. The zero-order chi connectivity index (χ0) is 13.1. The van der Waals surface area contributed by atoms with Gasteiger partial charge in [-0.25, -0.2) is 0 Å². The Hall–Kier alpha value is -1.96.